The van der Waals surface area contributed by atoms with Crippen molar-refractivity contribution in [2.75, 3.05) is 19.0 Å². The fraction of sp³-hybridized carbons (Fsp3) is 0.324. The van der Waals surface area contributed by atoms with Crippen molar-refractivity contribution in [2.24, 2.45) is 5.41 Å². The summed E-state index contributed by atoms with van der Waals surface area (Å²) in [4.78, 5) is 35.7. The predicted molar refractivity (Wildman–Crippen MR) is 351 cm³/mol. The summed E-state index contributed by atoms with van der Waals surface area (Å²) in [5, 5.41) is 46.7. The minimum Gasteiger partial charge on any atom is -0.481 e. The van der Waals surface area contributed by atoms with Gasteiger partial charge in [-0.25, -0.2) is 9.97 Å². The molecule has 438 valence electrons. The molecule has 8 aromatic rings. The van der Waals surface area contributed by atoms with Gasteiger partial charge in [0.2, 0.25) is 0 Å². The SMILES string of the molecule is CCC(COCC(CC)(CC(=O)O)S[C@H](CCc1ccccc1C(C)(C)O)c1cccc(C=Cc2ccc3ccc(Cl)cc3n2)c1)(CS[C@H](CCc1ccccc1C(C)(C)O)c1cccc(C=Cc2ccc3ccc(Cl)cc3n2)c1)CC(=O)O. The number of aliphatic hydroxyl groups is 2. The average Bonchev–Trinajstić information content (AvgIpc) is 3.31. The van der Waals surface area contributed by atoms with Gasteiger partial charge in [0.15, 0.2) is 0 Å². The quantitative estimate of drug-likeness (QED) is 0.0355. The van der Waals surface area contributed by atoms with Crippen molar-refractivity contribution in [1.82, 2.24) is 9.97 Å². The molecule has 13 heteroatoms. The van der Waals surface area contributed by atoms with Crippen LogP contribution in [0.2, 0.25) is 10.0 Å². The van der Waals surface area contributed by atoms with Gasteiger partial charge in [-0.2, -0.15) is 11.8 Å². The van der Waals surface area contributed by atoms with Crippen molar-refractivity contribution in [3.8, 4) is 0 Å². The zero-order chi connectivity index (χ0) is 60.1. The number of aryl methyl sites for hydroxylation is 2. The predicted octanol–water partition coefficient (Wildman–Crippen LogP) is 17.9. The molecule has 0 radical (unpaired) electrons. The zero-order valence-corrected chi connectivity index (χ0v) is 51.9. The number of carboxylic acid groups (broad SMARTS) is 2. The molecule has 4 atom stereocenters. The van der Waals surface area contributed by atoms with E-state index in [0.29, 0.717) is 54.3 Å². The maximum atomic E-state index is 13.1. The lowest BCUT2D eigenvalue weighted by Crippen LogP contribution is -2.38. The molecule has 9 nitrogen and oxygen atoms in total. The van der Waals surface area contributed by atoms with Gasteiger partial charge < -0.3 is 25.2 Å². The Morgan fingerprint density at radius 2 is 1.04 bits per heavy atom. The van der Waals surface area contributed by atoms with Crippen molar-refractivity contribution in [3.05, 3.63) is 224 Å². The van der Waals surface area contributed by atoms with Crippen LogP contribution in [0.1, 0.15) is 146 Å². The van der Waals surface area contributed by atoms with E-state index in [1.807, 2.05) is 159 Å². The summed E-state index contributed by atoms with van der Waals surface area (Å²) < 4.78 is 5.92. The van der Waals surface area contributed by atoms with Gasteiger partial charge >= 0.3 is 11.9 Å². The highest BCUT2D eigenvalue weighted by molar-refractivity contribution is 8.01. The number of ether oxygens (including phenoxy) is 1. The molecule has 0 aliphatic carbocycles. The Labute approximate surface area is 513 Å². The Morgan fingerprint density at radius 3 is 1.51 bits per heavy atom. The first-order valence-corrected chi connectivity index (χ1v) is 31.4. The third-order valence-corrected chi connectivity index (χ3v) is 19.7. The monoisotopic (exact) mass is 1200 g/mol. The van der Waals surface area contributed by atoms with E-state index in [9.17, 15) is 30.0 Å². The zero-order valence-electron chi connectivity index (χ0n) is 48.7. The fourth-order valence-corrected chi connectivity index (χ4v) is 14.5. The number of hydrogen-bond acceptors (Lipinski definition) is 9. The van der Waals surface area contributed by atoms with Crippen LogP contribution in [0.3, 0.4) is 0 Å². The Morgan fingerprint density at radius 1 is 0.560 bits per heavy atom. The van der Waals surface area contributed by atoms with Crippen molar-refractivity contribution < 1.29 is 34.8 Å². The van der Waals surface area contributed by atoms with Crippen molar-refractivity contribution >= 4 is 105 Å². The highest BCUT2D eigenvalue weighted by Gasteiger charge is 2.39. The smallest absolute Gasteiger partial charge is 0.304 e. The molecular formula is C71H76Cl2N2O7S2. The van der Waals surface area contributed by atoms with Crippen molar-refractivity contribution in [1.29, 1.82) is 0 Å². The molecule has 0 amide bonds. The van der Waals surface area contributed by atoms with Gasteiger partial charge in [-0.15, -0.1) is 11.8 Å². The van der Waals surface area contributed by atoms with Crippen LogP contribution in [-0.4, -0.2) is 66.0 Å². The topological polar surface area (TPSA) is 150 Å². The summed E-state index contributed by atoms with van der Waals surface area (Å²) in [6, 6.07) is 51.9. The first-order valence-electron chi connectivity index (χ1n) is 28.7. The first-order chi connectivity index (χ1) is 40.1. The second-order valence-corrected chi connectivity index (χ2v) is 26.8. The Bertz CT molecular complexity index is 3630. The van der Waals surface area contributed by atoms with Crippen LogP contribution < -0.4 is 0 Å². The van der Waals surface area contributed by atoms with E-state index >= 15 is 0 Å². The summed E-state index contributed by atoms with van der Waals surface area (Å²) in [5.74, 6) is -1.43. The van der Waals surface area contributed by atoms with E-state index in [0.717, 1.165) is 77.7 Å². The highest BCUT2D eigenvalue weighted by atomic mass is 35.5. The molecule has 0 aliphatic heterocycles. The molecule has 2 heterocycles. The molecule has 6 aromatic carbocycles. The number of benzene rings is 6. The van der Waals surface area contributed by atoms with Gasteiger partial charge in [0, 0.05) is 42.5 Å². The maximum Gasteiger partial charge on any atom is 0.304 e. The minimum atomic E-state index is -1.08. The third-order valence-electron chi connectivity index (χ3n) is 15.7. The van der Waals surface area contributed by atoms with Gasteiger partial charge in [0.25, 0.3) is 0 Å². The number of thioether (sulfide) groups is 2. The molecule has 0 saturated heterocycles. The second kappa shape index (κ2) is 28.7. The van der Waals surface area contributed by atoms with Crippen LogP contribution in [0.15, 0.2) is 158 Å². The lowest BCUT2D eigenvalue weighted by molar-refractivity contribution is -0.140. The maximum absolute atomic E-state index is 13.1. The summed E-state index contributed by atoms with van der Waals surface area (Å²) in [5.41, 5.74) is 8.03. The molecule has 84 heavy (non-hydrogen) atoms. The van der Waals surface area contributed by atoms with Gasteiger partial charge in [0.1, 0.15) is 0 Å². The van der Waals surface area contributed by atoms with Crippen LogP contribution >= 0.6 is 46.7 Å². The normalized spacial score (nSPS) is 14.5. The van der Waals surface area contributed by atoms with E-state index in [1.165, 1.54) is 0 Å². The molecule has 0 fully saturated rings. The lowest BCUT2D eigenvalue weighted by Gasteiger charge is -2.37. The number of hydrogen-bond donors (Lipinski definition) is 4. The number of halogens is 2. The summed E-state index contributed by atoms with van der Waals surface area (Å²) >= 11 is 15.9. The Balaban J connectivity index is 1.07. The number of nitrogens with zero attached hydrogens (tertiary/aromatic N) is 2. The number of carbonyl (C=O) groups is 2. The molecule has 0 spiro atoms. The number of rotatable bonds is 29. The largest absolute Gasteiger partial charge is 0.481 e. The molecular weight excluding hydrogens is 1130 g/mol. The molecule has 2 unspecified atom stereocenters. The van der Waals surface area contributed by atoms with Gasteiger partial charge in [-0.3, -0.25) is 9.59 Å². The van der Waals surface area contributed by atoms with Crippen LogP contribution in [-0.2, 0) is 38.4 Å². The number of pyridine rings is 2. The lowest BCUT2D eigenvalue weighted by atomic mass is 9.84. The van der Waals surface area contributed by atoms with E-state index in [-0.39, 0.29) is 36.6 Å². The number of carboxylic acids is 2. The van der Waals surface area contributed by atoms with E-state index in [4.69, 9.17) is 37.9 Å². The molecule has 0 aliphatic rings. The molecule has 2 aromatic heterocycles. The molecule has 8 rings (SSSR count). The van der Waals surface area contributed by atoms with Gasteiger partial charge in [0.05, 0.1) is 64.4 Å². The van der Waals surface area contributed by atoms with E-state index < -0.39 is 33.3 Å². The van der Waals surface area contributed by atoms with Crippen molar-refractivity contribution in [3.63, 3.8) is 0 Å². The Kier molecular flexibility index (Phi) is 21.8. The second-order valence-electron chi connectivity index (χ2n) is 23.1. The molecule has 0 saturated carbocycles. The van der Waals surface area contributed by atoms with Gasteiger partial charge in [-0.1, -0.05) is 171 Å². The number of fused-ring (bicyclic) bond motifs is 2. The highest BCUT2D eigenvalue weighted by Crippen LogP contribution is 2.48. The van der Waals surface area contributed by atoms with E-state index in [1.54, 1.807) is 51.2 Å². The van der Waals surface area contributed by atoms with Crippen LogP contribution in [0.4, 0.5) is 0 Å². The van der Waals surface area contributed by atoms with Crippen LogP contribution in [0.25, 0.3) is 46.1 Å². The molecule has 0 bridgehead atoms. The molecule has 4 N–H and O–H groups in total. The van der Waals surface area contributed by atoms with Crippen LogP contribution in [0, 0.1) is 5.41 Å². The first kappa shape index (κ1) is 63.7. The summed E-state index contributed by atoms with van der Waals surface area (Å²) in [6.07, 6.45) is 11.3. The number of aliphatic carboxylic acids is 2. The summed E-state index contributed by atoms with van der Waals surface area (Å²) in [6.45, 7) is 11.4. The standard InChI is InChI=1S/C71H76Cl2N2O7S2/c1-7-70(43-66(76)77,47-83-64(37-29-50-17-9-11-21-60(50)68(3,4)80)54-19-13-15-48(39-54)23-33-58-35-27-52-25-31-56(72)41-62(52)74-58)45-82-46-71(8-2,44-67(78)79)84-65(38-30-51-18-10-12-22-61(51)69(5,6)81)55-20-14-16-49(40-55)24-34-59-36-28-53-26-32-57(73)42-63(53)75-59/h9-28,31-36,39-42,64-65,80-81H,7-8,29-30,37-38,43-47H2,1-6H3,(H,76,77)(H,78,79)/t64-,65-,70?,71?/m1/s1. The fourth-order valence-electron chi connectivity index (χ4n) is 10.9. The third kappa shape index (κ3) is 17.7. The number of aromatic nitrogens is 2. The Hall–Kier alpha value is -6.28. The summed E-state index contributed by atoms with van der Waals surface area (Å²) in [7, 11) is 0. The minimum absolute atomic E-state index is 0.0745. The average molecular weight is 1200 g/mol. The van der Waals surface area contributed by atoms with E-state index in [2.05, 4.69) is 36.4 Å². The van der Waals surface area contributed by atoms with Crippen LogP contribution in [0.5, 0.6) is 0 Å². The van der Waals surface area contributed by atoms with Crippen molar-refractivity contribution in [2.45, 2.75) is 119 Å². The van der Waals surface area contributed by atoms with Gasteiger partial charge in [-0.05, 0) is 159 Å².